The number of hydrogen-bond acceptors (Lipinski definition) is 3. The molecule has 0 aliphatic heterocycles. The molecular formula is C12H14N6. The average Bonchev–Trinajstić information content (AvgIpc) is 3.07. The van der Waals surface area contributed by atoms with Crippen molar-refractivity contribution < 1.29 is 0 Å². The molecule has 3 heterocycles. The van der Waals surface area contributed by atoms with Crippen LogP contribution in [0.15, 0.2) is 30.6 Å². The van der Waals surface area contributed by atoms with E-state index < -0.39 is 0 Å². The van der Waals surface area contributed by atoms with Crippen LogP contribution >= 0.6 is 0 Å². The second-order valence-corrected chi connectivity index (χ2v) is 4.04. The number of nitrogens with one attached hydrogen (secondary N) is 1. The molecule has 0 radical (unpaired) electrons. The zero-order valence-corrected chi connectivity index (χ0v) is 10.3. The molecule has 0 amide bonds. The quantitative estimate of drug-likeness (QED) is 0.760. The van der Waals surface area contributed by atoms with Crippen LogP contribution in [0.4, 0.5) is 0 Å². The highest BCUT2D eigenvalue weighted by Gasteiger charge is 2.13. The first-order chi connectivity index (χ1) is 8.79. The minimum Gasteiger partial charge on any atom is -0.276 e. The Morgan fingerprint density at radius 3 is 2.72 bits per heavy atom. The van der Waals surface area contributed by atoms with Crippen LogP contribution in [-0.4, -0.2) is 29.8 Å². The fourth-order valence-corrected chi connectivity index (χ4v) is 2.02. The van der Waals surface area contributed by atoms with Gasteiger partial charge < -0.3 is 0 Å². The summed E-state index contributed by atoms with van der Waals surface area (Å²) in [5.74, 6) is 0. The molecule has 1 N–H and O–H groups in total. The fraction of sp³-hybridized carbons (Fsp3) is 0.250. The molecule has 0 atom stereocenters. The van der Waals surface area contributed by atoms with Crippen molar-refractivity contribution in [2.24, 2.45) is 7.05 Å². The van der Waals surface area contributed by atoms with Crippen LogP contribution in [0, 0.1) is 0 Å². The van der Waals surface area contributed by atoms with Gasteiger partial charge >= 0.3 is 0 Å². The predicted octanol–water partition coefficient (Wildman–Crippen LogP) is 1.69. The van der Waals surface area contributed by atoms with Crippen molar-refractivity contribution in [2.45, 2.75) is 13.5 Å². The van der Waals surface area contributed by atoms with Crippen LogP contribution in [0.1, 0.15) is 6.92 Å². The lowest BCUT2D eigenvalue weighted by molar-refractivity contribution is 0.659. The maximum absolute atomic E-state index is 4.57. The van der Waals surface area contributed by atoms with E-state index in [0.29, 0.717) is 0 Å². The Labute approximate surface area is 104 Å². The second-order valence-electron chi connectivity index (χ2n) is 4.04. The molecule has 92 valence electrons. The molecule has 3 aromatic heterocycles. The highest BCUT2D eigenvalue weighted by Crippen LogP contribution is 2.24. The Kier molecular flexibility index (Phi) is 2.47. The third kappa shape index (κ3) is 1.62. The number of aryl methyl sites for hydroxylation is 2. The maximum Gasteiger partial charge on any atom is 0.111 e. The molecule has 0 aliphatic carbocycles. The smallest absolute Gasteiger partial charge is 0.111 e. The summed E-state index contributed by atoms with van der Waals surface area (Å²) >= 11 is 0. The lowest BCUT2D eigenvalue weighted by Crippen LogP contribution is -2.02. The van der Waals surface area contributed by atoms with Crippen molar-refractivity contribution in [1.29, 1.82) is 0 Å². The summed E-state index contributed by atoms with van der Waals surface area (Å²) in [4.78, 5) is 0. The van der Waals surface area contributed by atoms with Gasteiger partial charge in [0.2, 0.25) is 0 Å². The van der Waals surface area contributed by atoms with E-state index in [1.807, 2.05) is 34.6 Å². The first-order valence-corrected chi connectivity index (χ1v) is 5.85. The number of aromatic amines is 1. The zero-order valence-electron chi connectivity index (χ0n) is 10.3. The summed E-state index contributed by atoms with van der Waals surface area (Å²) in [6.07, 6.45) is 3.52. The maximum atomic E-state index is 4.57. The molecule has 18 heavy (non-hydrogen) atoms. The molecule has 6 heteroatoms. The monoisotopic (exact) mass is 242 g/mol. The van der Waals surface area contributed by atoms with Gasteiger partial charge in [0.25, 0.3) is 0 Å². The predicted molar refractivity (Wildman–Crippen MR) is 67.7 cm³/mol. The Hall–Kier alpha value is -2.37. The van der Waals surface area contributed by atoms with Gasteiger partial charge in [-0.1, -0.05) is 0 Å². The standard InChI is InChI=1S/C12H14N6/c1-3-18-12(11-5-7-14-17(11)2)8-10(16-18)9-4-6-13-15-9/h4-8H,3H2,1-2H3,(H,13,15). The van der Waals surface area contributed by atoms with E-state index in [2.05, 4.69) is 27.3 Å². The van der Waals surface area contributed by atoms with Crippen molar-refractivity contribution in [1.82, 2.24) is 29.8 Å². The minimum atomic E-state index is 0.814. The van der Waals surface area contributed by atoms with Gasteiger partial charge in [0, 0.05) is 26.0 Å². The van der Waals surface area contributed by atoms with Crippen LogP contribution < -0.4 is 0 Å². The van der Waals surface area contributed by atoms with E-state index in [-0.39, 0.29) is 0 Å². The highest BCUT2D eigenvalue weighted by molar-refractivity contribution is 5.64. The van der Waals surface area contributed by atoms with Gasteiger partial charge in [0.1, 0.15) is 5.69 Å². The van der Waals surface area contributed by atoms with Gasteiger partial charge in [-0.25, -0.2) is 0 Å². The molecule has 0 unspecified atom stereocenters. The van der Waals surface area contributed by atoms with Gasteiger partial charge in [-0.3, -0.25) is 14.5 Å². The van der Waals surface area contributed by atoms with Gasteiger partial charge in [-0.2, -0.15) is 15.3 Å². The number of nitrogens with zero attached hydrogens (tertiary/aromatic N) is 5. The molecule has 0 spiro atoms. The zero-order chi connectivity index (χ0) is 12.5. The summed E-state index contributed by atoms with van der Waals surface area (Å²) in [6, 6.07) is 5.95. The summed E-state index contributed by atoms with van der Waals surface area (Å²) in [5, 5.41) is 15.6. The van der Waals surface area contributed by atoms with Gasteiger partial charge in [0.05, 0.1) is 17.1 Å². The Balaban J connectivity index is 2.13. The normalized spacial score (nSPS) is 11.0. The molecule has 0 fully saturated rings. The van der Waals surface area contributed by atoms with Crippen LogP contribution in [-0.2, 0) is 13.6 Å². The molecule has 6 nitrogen and oxygen atoms in total. The van der Waals surface area contributed by atoms with Gasteiger partial charge in [0.15, 0.2) is 0 Å². The third-order valence-electron chi connectivity index (χ3n) is 2.94. The number of H-pyrrole nitrogens is 1. The van der Waals surface area contributed by atoms with Crippen LogP contribution in [0.3, 0.4) is 0 Å². The highest BCUT2D eigenvalue weighted by atomic mass is 15.3. The first-order valence-electron chi connectivity index (χ1n) is 5.85. The summed E-state index contributed by atoms with van der Waals surface area (Å²) in [5.41, 5.74) is 3.92. The van der Waals surface area contributed by atoms with Crippen LogP contribution in [0.5, 0.6) is 0 Å². The van der Waals surface area contributed by atoms with Gasteiger partial charge in [-0.05, 0) is 25.1 Å². The molecule has 0 bridgehead atoms. The van der Waals surface area contributed by atoms with Crippen molar-refractivity contribution in [3.63, 3.8) is 0 Å². The van der Waals surface area contributed by atoms with Gasteiger partial charge in [-0.15, -0.1) is 0 Å². The van der Waals surface area contributed by atoms with Crippen molar-refractivity contribution in [2.75, 3.05) is 0 Å². The fourth-order valence-electron chi connectivity index (χ4n) is 2.02. The SMILES string of the molecule is CCn1nc(-c2ccn[nH]2)cc1-c1ccnn1C. The first kappa shape index (κ1) is 10.8. The van der Waals surface area contributed by atoms with E-state index in [1.54, 1.807) is 12.4 Å². The summed E-state index contributed by atoms with van der Waals surface area (Å²) in [6.45, 7) is 2.89. The molecule has 3 rings (SSSR count). The Morgan fingerprint density at radius 1 is 1.22 bits per heavy atom. The largest absolute Gasteiger partial charge is 0.276 e. The topological polar surface area (TPSA) is 64.3 Å². The van der Waals surface area contributed by atoms with E-state index in [1.165, 1.54) is 0 Å². The van der Waals surface area contributed by atoms with Crippen molar-refractivity contribution >= 4 is 0 Å². The summed E-state index contributed by atoms with van der Waals surface area (Å²) < 4.78 is 3.81. The summed E-state index contributed by atoms with van der Waals surface area (Å²) in [7, 11) is 1.93. The molecule has 3 aromatic rings. The lowest BCUT2D eigenvalue weighted by Gasteiger charge is -2.03. The van der Waals surface area contributed by atoms with E-state index in [9.17, 15) is 0 Å². The Morgan fingerprint density at radius 2 is 2.11 bits per heavy atom. The number of hydrogen-bond donors (Lipinski definition) is 1. The number of aromatic nitrogens is 6. The average molecular weight is 242 g/mol. The van der Waals surface area contributed by atoms with E-state index in [0.717, 1.165) is 29.3 Å². The number of rotatable bonds is 3. The molecular weight excluding hydrogens is 228 g/mol. The third-order valence-corrected chi connectivity index (χ3v) is 2.94. The lowest BCUT2D eigenvalue weighted by atomic mass is 10.2. The van der Waals surface area contributed by atoms with Crippen molar-refractivity contribution in [3.05, 3.63) is 30.6 Å². The molecule has 0 aromatic carbocycles. The van der Waals surface area contributed by atoms with E-state index >= 15 is 0 Å². The molecule has 0 saturated heterocycles. The van der Waals surface area contributed by atoms with E-state index in [4.69, 9.17) is 0 Å². The van der Waals surface area contributed by atoms with Crippen LogP contribution in [0.25, 0.3) is 22.8 Å². The van der Waals surface area contributed by atoms with Crippen molar-refractivity contribution in [3.8, 4) is 22.8 Å². The van der Waals surface area contributed by atoms with Crippen LogP contribution in [0.2, 0.25) is 0 Å². The Bertz CT molecular complexity index is 646. The molecule has 0 aliphatic rings. The second kappa shape index (κ2) is 4.14. The molecule has 0 saturated carbocycles. The minimum absolute atomic E-state index is 0.814.